The number of rotatable bonds is 4. The molecular weight excluding hydrogens is 392 g/mol. The zero-order valence-electron chi connectivity index (χ0n) is 18.3. The van der Waals surface area contributed by atoms with Gasteiger partial charge >= 0.3 is 6.03 Å². The van der Waals surface area contributed by atoms with Gasteiger partial charge in [-0.05, 0) is 44.2 Å². The highest BCUT2D eigenvalue weighted by molar-refractivity contribution is 5.77. The Hall–Kier alpha value is -2.29. The van der Waals surface area contributed by atoms with E-state index >= 15 is 0 Å². The highest BCUT2D eigenvalue weighted by atomic mass is 16.5. The molecule has 0 radical (unpaired) electrons. The van der Waals surface area contributed by atoms with Crippen molar-refractivity contribution in [1.29, 1.82) is 0 Å². The number of ether oxygens (including phenoxy) is 1. The Labute approximate surface area is 183 Å². The topological polar surface area (TPSA) is 90.3 Å². The summed E-state index contributed by atoms with van der Waals surface area (Å²) in [7, 11) is 0. The van der Waals surface area contributed by atoms with Crippen LogP contribution in [0.3, 0.4) is 0 Å². The van der Waals surface area contributed by atoms with Crippen LogP contribution in [0.2, 0.25) is 0 Å². The second-order valence-electron chi connectivity index (χ2n) is 9.46. The van der Waals surface area contributed by atoms with Crippen molar-refractivity contribution in [3.05, 3.63) is 47.7 Å². The van der Waals surface area contributed by atoms with Gasteiger partial charge < -0.3 is 15.0 Å². The summed E-state index contributed by atoms with van der Waals surface area (Å²) in [5, 5.41) is 19.1. The summed E-state index contributed by atoms with van der Waals surface area (Å²) in [6.45, 7) is 6.36. The van der Waals surface area contributed by atoms with Crippen molar-refractivity contribution in [3.63, 3.8) is 0 Å². The summed E-state index contributed by atoms with van der Waals surface area (Å²) in [5.41, 5.74) is 2.04. The number of hydrogen-bond acceptors (Lipinski definition) is 6. The van der Waals surface area contributed by atoms with E-state index in [0.717, 1.165) is 32.5 Å². The molecule has 1 aliphatic carbocycles. The molecule has 0 bridgehead atoms. The molecule has 0 spiro atoms. The van der Waals surface area contributed by atoms with Crippen LogP contribution in [0.5, 0.6) is 0 Å². The highest BCUT2D eigenvalue weighted by Crippen LogP contribution is 2.44. The normalized spacial score (nSPS) is 32.5. The Balaban J connectivity index is 1.19. The summed E-state index contributed by atoms with van der Waals surface area (Å²) in [6.07, 6.45) is 5.05. The number of amides is 2. The molecule has 3 aliphatic heterocycles. The van der Waals surface area contributed by atoms with Gasteiger partial charge in [0.2, 0.25) is 0 Å². The Morgan fingerprint density at radius 2 is 2.00 bits per heavy atom. The lowest BCUT2D eigenvalue weighted by molar-refractivity contribution is 0.0715. The van der Waals surface area contributed by atoms with E-state index in [1.54, 1.807) is 0 Å². The van der Waals surface area contributed by atoms with Crippen molar-refractivity contribution in [3.8, 4) is 0 Å². The molecule has 166 valence electrons. The number of hydrogen-bond donors (Lipinski definition) is 3. The van der Waals surface area contributed by atoms with Gasteiger partial charge in [0.15, 0.2) is 0 Å². The lowest BCUT2D eigenvalue weighted by atomic mass is 9.92. The number of likely N-dealkylation sites (tertiary alicyclic amines) is 1. The van der Waals surface area contributed by atoms with Gasteiger partial charge in [0.25, 0.3) is 0 Å². The molecule has 8 nitrogen and oxygen atoms in total. The number of nitrogens with zero attached hydrogens (tertiary/aromatic N) is 3. The van der Waals surface area contributed by atoms with E-state index in [-0.39, 0.29) is 24.4 Å². The molecule has 8 heteroatoms. The lowest BCUT2D eigenvalue weighted by Gasteiger charge is -2.36. The van der Waals surface area contributed by atoms with Gasteiger partial charge in [-0.15, -0.1) is 0 Å². The van der Waals surface area contributed by atoms with E-state index in [1.807, 2.05) is 23.1 Å². The maximum Gasteiger partial charge on any atom is 0.362 e. The van der Waals surface area contributed by atoms with E-state index in [0.29, 0.717) is 18.5 Å². The number of urea groups is 1. The molecule has 31 heavy (non-hydrogen) atoms. The van der Waals surface area contributed by atoms with Gasteiger partial charge in [0.05, 0.1) is 17.6 Å². The van der Waals surface area contributed by atoms with Gasteiger partial charge in [0, 0.05) is 37.9 Å². The minimum atomic E-state index is -0.410. The molecule has 4 atom stereocenters. The van der Waals surface area contributed by atoms with Crippen molar-refractivity contribution in [2.24, 2.45) is 10.2 Å². The number of fused-ring (bicyclic) bond motifs is 1. The molecule has 5 rings (SSSR count). The van der Waals surface area contributed by atoms with Crippen LogP contribution in [0.15, 0.2) is 52.3 Å². The molecule has 2 saturated heterocycles. The van der Waals surface area contributed by atoms with Gasteiger partial charge in [-0.25, -0.2) is 4.79 Å². The van der Waals surface area contributed by atoms with Crippen LogP contribution in [0, 0.1) is 0 Å². The fraction of sp³-hybridized carbons (Fsp3) is 0.609. The van der Waals surface area contributed by atoms with Crippen LogP contribution in [-0.2, 0) is 4.74 Å². The van der Waals surface area contributed by atoms with Gasteiger partial charge in [0.1, 0.15) is 6.29 Å². The second kappa shape index (κ2) is 8.33. The molecule has 1 aromatic carbocycles. The minimum absolute atomic E-state index is 0.0116. The van der Waals surface area contributed by atoms with Crippen LogP contribution in [0.1, 0.15) is 44.6 Å². The lowest BCUT2D eigenvalue weighted by Crippen LogP contribution is -2.61. The summed E-state index contributed by atoms with van der Waals surface area (Å²) < 4.78 is 5.45. The van der Waals surface area contributed by atoms with Gasteiger partial charge in [-0.1, -0.05) is 35.4 Å². The first-order valence-corrected chi connectivity index (χ1v) is 11.4. The third-order valence-electron chi connectivity index (χ3n) is 7.03. The van der Waals surface area contributed by atoms with E-state index in [9.17, 15) is 4.79 Å². The second-order valence-corrected chi connectivity index (χ2v) is 9.46. The van der Waals surface area contributed by atoms with Crippen molar-refractivity contribution in [2.45, 2.75) is 69.0 Å². The number of benzene rings is 1. The van der Waals surface area contributed by atoms with E-state index in [1.165, 1.54) is 11.1 Å². The van der Waals surface area contributed by atoms with E-state index in [2.05, 4.69) is 58.4 Å². The van der Waals surface area contributed by atoms with E-state index < -0.39 is 5.54 Å². The number of carbonyl (C=O) groups excluding carboxylic acids is 1. The molecule has 2 amide bonds. The van der Waals surface area contributed by atoms with Crippen LogP contribution >= 0.6 is 0 Å². The van der Waals surface area contributed by atoms with E-state index in [4.69, 9.17) is 4.74 Å². The molecule has 3 fully saturated rings. The van der Waals surface area contributed by atoms with Crippen LogP contribution < -0.4 is 16.0 Å². The zero-order valence-corrected chi connectivity index (χ0v) is 18.3. The molecule has 3 N–H and O–H groups in total. The quantitative estimate of drug-likeness (QED) is 0.647. The van der Waals surface area contributed by atoms with Crippen molar-refractivity contribution < 1.29 is 9.53 Å². The predicted octanol–water partition coefficient (Wildman–Crippen LogP) is 2.71. The largest absolute Gasteiger partial charge is 0.381 e. The Kier molecular flexibility index (Phi) is 5.54. The molecule has 1 aromatic rings. The maximum atomic E-state index is 12.9. The Morgan fingerprint density at radius 3 is 2.77 bits per heavy atom. The zero-order chi connectivity index (χ0) is 21.4. The Bertz CT molecular complexity index is 864. The monoisotopic (exact) mass is 424 g/mol. The number of azo groups is 1. The SMILES string of the molecule is CC1(C)C2=CNC(NC3CCOCC3)NC2CN1C(=O)N=N[C@@H]1CC1c1ccccc1. The third-order valence-corrected chi connectivity index (χ3v) is 7.03. The molecular formula is C23H32N6O2. The standard InChI is InChI=1S/C23H32N6O2/c1-23(2)18-13-24-21(25-16-8-10-31-11-9-16)26-20(18)14-29(23)22(30)28-27-19-12-17(19)15-6-4-3-5-7-15/h3-7,13,16-17,19-21,24-26H,8-12,14H2,1-2H3/t17?,19-,20?,21?/m1/s1. The molecule has 3 heterocycles. The third kappa shape index (κ3) is 4.24. The van der Waals surface area contributed by atoms with Crippen molar-refractivity contribution in [1.82, 2.24) is 20.9 Å². The molecule has 1 saturated carbocycles. The first kappa shape index (κ1) is 20.6. The van der Waals surface area contributed by atoms with Gasteiger partial charge in [-0.3, -0.25) is 10.6 Å². The Morgan fingerprint density at radius 1 is 1.23 bits per heavy atom. The number of nitrogens with one attached hydrogen (secondary N) is 3. The fourth-order valence-corrected chi connectivity index (χ4v) is 4.99. The predicted molar refractivity (Wildman–Crippen MR) is 118 cm³/mol. The van der Waals surface area contributed by atoms with Crippen LogP contribution in [0.4, 0.5) is 4.79 Å². The summed E-state index contributed by atoms with van der Waals surface area (Å²) in [6, 6.07) is 10.7. The highest BCUT2D eigenvalue weighted by Gasteiger charge is 2.48. The molecule has 0 aromatic heterocycles. The summed E-state index contributed by atoms with van der Waals surface area (Å²) in [4.78, 5) is 14.8. The molecule has 4 aliphatic rings. The maximum absolute atomic E-state index is 12.9. The van der Waals surface area contributed by atoms with Gasteiger partial charge in [-0.2, -0.15) is 5.11 Å². The number of carbonyl (C=O) groups is 1. The fourth-order valence-electron chi connectivity index (χ4n) is 4.99. The summed E-state index contributed by atoms with van der Waals surface area (Å²) in [5.74, 6) is 0.387. The van der Waals surface area contributed by atoms with Crippen LogP contribution in [0.25, 0.3) is 0 Å². The van der Waals surface area contributed by atoms with Crippen LogP contribution in [-0.4, -0.2) is 60.6 Å². The summed E-state index contributed by atoms with van der Waals surface area (Å²) >= 11 is 0. The van der Waals surface area contributed by atoms with Crippen molar-refractivity contribution >= 4 is 6.03 Å². The molecule has 3 unspecified atom stereocenters. The average molecular weight is 425 g/mol. The minimum Gasteiger partial charge on any atom is -0.381 e. The first-order valence-electron chi connectivity index (χ1n) is 11.4. The first-order chi connectivity index (χ1) is 15.0. The average Bonchev–Trinajstić information content (AvgIpc) is 3.51. The van der Waals surface area contributed by atoms with Crippen molar-refractivity contribution in [2.75, 3.05) is 19.8 Å². The smallest absolute Gasteiger partial charge is 0.362 e.